The summed E-state index contributed by atoms with van der Waals surface area (Å²) in [5.41, 5.74) is 4.99. The molecule has 0 heterocycles. The van der Waals surface area contributed by atoms with Gasteiger partial charge in [0.15, 0.2) is 5.75 Å². The predicted molar refractivity (Wildman–Crippen MR) is 145 cm³/mol. The van der Waals surface area contributed by atoms with Crippen LogP contribution in [0.15, 0.2) is 15.7 Å². The molecule has 0 saturated carbocycles. The summed E-state index contributed by atoms with van der Waals surface area (Å²) in [7, 11) is 0. The Kier molecular flexibility index (Phi) is 9.33. The summed E-state index contributed by atoms with van der Waals surface area (Å²) in [6.45, 7) is 18.3. The Labute approximate surface area is 221 Å². The molecule has 0 atom stereocenters. The topological polar surface area (TPSA) is 89.9 Å². The largest absolute Gasteiger partial charge is 0.508 e. The maximum atomic E-state index is 13.2. The minimum absolute atomic E-state index is 0.0931. The molecule has 1 N–H and O–H groups in total. The van der Waals surface area contributed by atoms with Crippen LogP contribution in [0.25, 0.3) is 11.1 Å². The van der Waals surface area contributed by atoms with Gasteiger partial charge in [0.25, 0.3) is 5.43 Å². The maximum absolute atomic E-state index is 13.2. The van der Waals surface area contributed by atoms with Gasteiger partial charge in [0.2, 0.25) is 5.43 Å². The summed E-state index contributed by atoms with van der Waals surface area (Å²) in [6, 6.07) is 1.56. The molecule has 0 amide bonds. The Hall–Kier alpha value is -2.89. The van der Waals surface area contributed by atoms with Gasteiger partial charge in [-0.1, -0.05) is 0 Å². The van der Waals surface area contributed by atoms with Crippen molar-refractivity contribution in [3.05, 3.63) is 71.0 Å². The summed E-state index contributed by atoms with van der Waals surface area (Å²) >= 11 is 2.81. The molecule has 3 aromatic rings. The molecule has 6 nitrogen and oxygen atoms in total. The van der Waals surface area contributed by atoms with Crippen LogP contribution in [0.5, 0.6) is 17.2 Å². The van der Waals surface area contributed by atoms with E-state index in [1.807, 2.05) is 27.7 Å². The number of carbonyl (C=O) groups excluding carboxylic acids is 1. The number of aryl methyl sites for hydroxylation is 1. The molecule has 0 aliphatic rings. The fourth-order valence-electron chi connectivity index (χ4n) is 4.27. The number of hydrogen-bond donors (Lipinski definition) is 1. The van der Waals surface area contributed by atoms with Gasteiger partial charge in [-0.2, -0.15) is 0 Å². The standard InChI is InChI=1S/C27H30O6.C2H5Se/c1-11(2)32-26-22(23(29)24(26)30)21-15(6)17(8)25(18(9)16(21)7)33-27(31)20-12(3)10-19(28)13(4)14(20)5;1-2-3/h10-11,28H,1-9H3;2H2,1H3. The summed E-state index contributed by atoms with van der Waals surface area (Å²) in [4.78, 5) is 37.8. The molecule has 3 aromatic carbocycles. The Balaban J connectivity index is 0.00000145. The van der Waals surface area contributed by atoms with Gasteiger partial charge in [-0.25, -0.2) is 4.79 Å². The fraction of sp³-hybridized carbons (Fsp3) is 0.414. The number of aromatic hydroxyl groups is 1. The van der Waals surface area contributed by atoms with Crippen LogP contribution in [0, 0.1) is 48.5 Å². The van der Waals surface area contributed by atoms with Crippen molar-refractivity contribution in [3.8, 4) is 28.4 Å². The van der Waals surface area contributed by atoms with E-state index in [4.69, 9.17) is 9.47 Å². The Morgan fingerprint density at radius 3 is 1.81 bits per heavy atom. The van der Waals surface area contributed by atoms with Crippen molar-refractivity contribution < 1.29 is 19.4 Å². The van der Waals surface area contributed by atoms with Gasteiger partial charge in [-0.3, -0.25) is 9.59 Å². The molecule has 0 fully saturated rings. The number of rotatable bonds is 5. The zero-order chi connectivity index (χ0) is 27.6. The first-order valence-corrected chi connectivity index (χ1v) is 13.1. The second-order valence-electron chi connectivity index (χ2n) is 9.25. The first-order chi connectivity index (χ1) is 16.7. The summed E-state index contributed by atoms with van der Waals surface area (Å²) in [5, 5.41) is 11.2. The molecule has 0 aromatic heterocycles. The Morgan fingerprint density at radius 1 is 0.833 bits per heavy atom. The van der Waals surface area contributed by atoms with Crippen LogP contribution in [0.3, 0.4) is 0 Å². The summed E-state index contributed by atoms with van der Waals surface area (Å²) in [6.07, 6.45) is -0.240. The number of esters is 1. The number of ether oxygens (including phenoxy) is 2. The van der Waals surface area contributed by atoms with Gasteiger partial charge >= 0.3 is 34.2 Å². The van der Waals surface area contributed by atoms with Crippen LogP contribution >= 0.6 is 0 Å². The van der Waals surface area contributed by atoms with Crippen LogP contribution in [-0.2, 0) is 0 Å². The first kappa shape index (κ1) is 29.3. The van der Waals surface area contributed by atoms with E-state index < -0.39 is 16.8 Å². The molecule has 36 heavy (non-hydrogen) atoms. The molecule has 7 heteroatoms. The van der Waals surface area contributed by atoms with E-state index in [1.165, 1.54) is 0 Å². The first-order valence-electron chi connectivity index (χ1n) is 11.9. The molecule has 3 rings (SSSR count). The Morgan fingerprint density at radius 2 is 1.33 bits per heavy atom. The van der Waals surface area contributed by atoms with Gasteiger partial charge in [0, 0.05) is 0 Å². The molecule has 0 saturated heterocycles. The molecule has 0 aliphatic carbocycles. The average molecular weight is 559 g/mol. The number of carbonyl (C=O) groups is 1. The smallest absolute Gasteiger partial charge is 0.344 e. The summed E-state index contributed by atoms with van der Waals surface area (Å²) < 4.78 is 11.5. The van der Waals surface area contributed by atoms with Crippen molar-refractivity contribution in [2.24, 2.45) is 0 Å². The molecular weight excluding hydrogens is 523 g/mol. The molecule has 193 valence electrons. The normalized spacial score (nSPS) is 10.9. The van der Waals surface area contributed by atoms with Crippen molar-refractivity contribution in [3.63, 3.8) is 0 Å². The van der Waals surface area contributed by atoms with Gasteiger partial charge in [-0.15, -0.1) is 0 Å². The van der Waals surface area contributed by atoms with Crippen LogP contribution < -0.4 is 20.3 Å². The van der Waals surface area contributed by atoms with E-state index in [1.54, 1.807) is 40.7 Å². The van der Waals surface area contributed by atoms with Gasteiger partial charge in [0.1, 0.15) is 11.5 Å². The van der Waals surface area contributed by atoms with Crippen LogP contribution in [-0.4, -0.2) is 33.2 Å². The molecule has 0 unspecified atom stereocenters. The zero-order valence-electron chi connectivity index (χ0n) is 22.8. The molecule has 0 spiro atoms. The number of phenols is 1. The minimum Gasteiger partial charge on any atom is -0.508 e. The van der Waals surface area contributed by atoms with Gasteiger partial charge < -0.3 is 14.6 Å². The molecule has 0 aliphatic heterocycles. The van der Waals surface area contributed by atoms with Crippen molar-refractivity contribution in [1.29, 1.82) is 0 Å². The number of hydrogen-bond acceptors (Lipinski definition) is 6. The monoisotopic (exact) mass is 559 g/mol. The third-order valence-electron chi connectivity index (χ3n) is 6.49. The van der Waals surface area contributed by atoms with Crippen molar-refractivity contribution in [1.82, 2.24) is 0 Å². The minimum atomic E-state index is -0.614. The number of benzene rings is 2. The predicted octanol–water partition coefficient (Wildman–Crippen LogP) is 5.41. The van der Waals surface area contributed by atoms with E-state index in [-0.39, 0.29) is 23.2 Å². The van der Waals surface area contributed by atoms with Gasteiger partial charge in [0.05, 0.1) is 17.2 Å². The number of phenolic OH excluding ortho intramolecular Hbond substituents is 1. The van der Waals surface area contributed by atoms with Crippen LogP contribution in [0.4, 0.5) is 0 Å². The van der Waals surface area contributed by atoms with Crippen molar-refractivity contribution in [2.45, 2.75) is 80.7 Å². The van der Waals surface area contributed by atoms with E-state index in [0.717, 1.165) is 16.4 Å². The van der Waals surface area contributed by atoms with Crippen molar-refractivity contribution in [2.75, 3.05) is 0 Å². The van der Waals surface area contributed by atoms with Crippen LogP contribution in [0.2, 0.25) is 5.32 Å². The SMILES string of the molecule is CC[Se].Cc1cc(O)c(C)c(C)c1C(=O)Oc1c(C)c(C)c(-c2c(OC(C)C)c(=O)c2=O)c(C)c1C. The average Bonchev–Trinajstić information content (AvgIpc) is 2.80. The maximum Gasteiger partial charge on any atom is 0.344 e. The third-order valence-corrected chi connectivity index (χ3v) is 6.49. The second kappa shape index (κ2) is 11.4. The van der Waals surface area contributed by atoms with E-state index in [2.05, 4.69) is 22.9 Å². The van der Waals surface area contributed by atoms with Crippen molar-refractivity contribution >= 4 is 22.0 Å². The Bertz CT molecular complexity index is 1360. The van der Waals surface area contributed by atoms with E-state index >= 15 is 0 Å². The summed E-state index contributed by atoms with van der Waals surface area (Å²) in [5.74, 6) is 0.144. The second-order valence-corrected chi connectivity index (χ2v) is 10.5. The zero-order valence-corrected chi connectivity index (χ0v) is 24.5. The van der Waals surface area contributed by atoms with Gasteiger partial charge in [-0.05, 0) is 113 Å². The molecule has 1 radical (unpaired) electrons. The van der Waals surface area contributed by atoms with Crippen LogP contribution in [0.1, 0.15) is 70.1 Å². The molecule has 0 bridgehead atoms. The van der Waals surface area contributed by atoms with E-state index in [9.17, 15) is 19.5 Å². The quantitative estimate of drug-likeness (QED) is 0.195. The fourth-order valence-corrected chi connectivity index (χ4v) is 4.27. The third kappa shape index (κ3) is 5.28. The molecular formula is C29H35O6Se. The van der Waals surface area contributed by atoms with E-state index in [0.29, 0.717) is 44.7 Å².